The molecule has 9 nitrogen and oxygen atoms in total. The zero-order valence-electron chi connectivity index (χ0n) is 23.9. The molecule has 4 atom stereocenters. The zero-order valence-corrected chi connectivity index (χ0v) is 24.7. The Morgan fingerprint density at radius 2 is 2.00 bits per heavy atom. The number of esters is 1. The fraction of sp³-hybridized carbons (Fsp3) is 0.750. The fourth-order valence-corrected chi connectivity index (χ4v) is 5.63. The lowest BCUT2D eigenvalue weighted by Gasteiger charge is -2.39. The average Bonchev–Trinajstić information content (AvgIpc) is 3.36. The van der Waals surface area contributed by atoms with Crippen LogP contribution in [0.25, 0.3) is 0 Å². The molecule has 0 spiro atoms. The van der Waals surface area contributed by atoms with Gasteiger partial charge in [-0.25, -0.2) is 4.98 Å². The summed E-state index contributed by atoms with van der Waals surface area (Å²) in [6.45, 7) is 10.6. The van der Waals surface area contributed by atoms with Gasteiger partial charge in [0.1, 0.15) is 11.7 Å². The SMILES string of the molecule is CCCC(=O)OCN(C(=O)[C@@H](NC(=O)[C@H]1CCCCN1C)C(C)CC)[C@H](CCc1nc(C=O)cs1)C(C)C. The molecule has 2 rings (SSSR count). The first kappa shape index (κ1) is 31.9. The van der Waals surface area contributed by atoms with Gasteiger partial charge in [0.15, 0.2) is 13.0 Å². The van der Waals surface area contributed by atoms with Crippen molar-refractivity contribution in [1.82, 2.24) is 20.1 Å². The third kappa shape index (κ3) is 9.15. The molecule has 2 amide bonds. The van der Waals surface area contributed by atoms with Crippen molar-refractivity contribution in [3.63, 3.8) is 0 Å². The largest absolute Gasteiger partial charge is 0.444 e. The van der Waals surface area contributed by atoms with Crippen LogP contribution in [0.2, 0.25) is 0 Å². The Morgan fingerprint density at radius 3 is 2.58 bits per heavy atom. The minimum Gasteiger partial charge on any atom is -0.444 e. The van der Waals surface area contributed by atoms with E-state index in [1.54, 1.807) is 10.3 Å². The highest BCUT2D eigenvalue weighted by Gasteiger charge is 2.37. The molecule has 0 bridgehead atoms. The van der Waals surface area contributed by atoms with E-state index in [-0.39, 0.29) is 54.9 Å². The molecular weight excluding hydrogens is 504 g/mol. The van der Waals surface area contributed by atoms with Gasteiger partial charge in [-0.3, -0.25) is 24.1 Å². The summed E-state index contributed by atoms with van der Waals surface area (Å²) >= 11 is 1.42. The summed E-state index contributed by atoms with van der Waals surface area (Å²) in [6.07, 6.45) is 6.37. The summed E-state index contributed by atoms with van der Waals surface area (Å²) in [5.41, 5.74) is 0.403. The third-order valence-electron chi connectivity index (χ3n) is 7.47. The van der Waals surface area contributed by atoms with Crippen molar-refractivity contribution < 1.29 is 23.9 Å². The van der Waals surface area contributed by atoms with Gasteiger partial charge < -0.3 is 15.0 Å². The molecule has 1 aromatic heterocycles. The second-order valence-electron chi connectivity index (χ2n) is 10.7. The Morgan fingerprint density at radius 1 is 1.26 bits per heavy atom. The van der Waals surface area contributed by atoms with E-state index in [0.717, 1.165) is 37.1 Å². The minimum absolute atomic E-state index is 0.0621. The molecular formula is C28H46N4O5S. The van der Waals surface area contributed by atoms with Crippen molar-refractivity contribution in [1.29, 1.82) is 0 Å². The second kappa shape index (κ2) is 15.9. The highest BCUT2D eigenvalue weighted by molar-refractivity contribution is 7.09. The number of likely N-dealkylation sites (N-methyl/N-ethyl adjacent to an activating group) is 1. The molecule has 1 saturated heterocycles. The molecule has 2 heterocycles. The molecule has 1 aromatic rings. The topological polar surface area (TPSA) is 109 Å². The maximum absolute atomic E-state index is 14.2. The number of thiazole rings is 1. The van der Waals surface area contributed by atoms with Crippen LogP contribution in [-0.4, -0.2) is 77.3 Å². The lowest BCUT2D eigenvalue weighted by molar-refractivity contribution is -0.159. The molecule has 1 aliphatic rings. The molecule has 1 N–H and O–H groups in total. The molecule has 214 valence electrons. The monoisotopic (exact) mass is 550 g/mol. The zero-order chi connectivity index (χ0) is 28.2. The van der Waals surface area contributed by atoms with Gasteiger partial charge in [0.25, 0.3) is 0 Å². The van der Waals surface area contributed by atoms with Gasteiger partial charge in [-0.1, -0.05) is 47.5 Å². The lowest BCUT2D eigenvalue weighted by Crippen LogP contribution is -2.59. The summed E-state index contributed by atoms with van der Waals surface area (Å²) in [4.78, 5) is 58.9. The molecule has 1 unspecified atom stereocenters. The number of rotatable bonds is 15. The van der Waals surface area contributed by atoms with Crippen LogP contribution in [0.3, 0.4) is 0 Å². The van der Waals surface area contributed by atoms with Gasteiger partial charge >= 0.3 is 5.97 Å². The number of piperidine rings is 1. The fourth-order valence-electron chi connectivity index (χ4n) is 4.87. The van der Waals surface area contributed by atoms with E-state index < -0.39 is 6.04 Å². The predicted molar refractivity (Wildman–Crippen MR) is 149 cm³/mol. The van der Waals surface area contributed by atoms with E-state index >= 15 is 0 Å². The highest BCUT2D eigenvalue weighted by Crippen LogP contribution is 2.23. The standard InChI is InChI=1S/C28H46N4O5S/c1-7-11-25(34)37-18-32(22(19(3)4)13-14-24-29-21(16-33)17-38-24)28(36)26(20(5)8-2)30-27(35)23-12-9-10-15-31(23)6/h16-17,19-20,22-23,26H,7-15,18H2,1-6H3,(H,30,35)/t20?,22-,23-,26+/m1/s1. The summed E-state index contributed by atoms with van der Waals surface area (Å²) in [5.74, 6) is -0.750. The van der Waals surface area contributed by atoms with Crippen LogP contribution in [0.5, 0.6) is 0 Å². The van der Waals surface area contributed by atoms with Gasteiger partial charge in [0.05, 0.1) is 11.0 Å². The van der Waals surface area contributed by atoms with Gasteiger partial charge in [0.2, 0.25) is 11.8 Å². The Hall–Kier alpha value is -2.33. The van der Waals surface area contributed by atoms with Crippen molar-refractivity contribution in [3.8, 4) is 0 Å². The van der Waals surface area contributed by atoms with Crippen LogP contribution in [0.15, 0.2) is 5.38 Å². The van der Waals surface area contributed by atoms with E-state index in [1.807, 2.05) is 41.7 Å². The van der Waals surface area contributed by atoms with Crippen molar-refractivity contribution in [2.45, 2.75) is 104 Å². The number of aldehydes is 1. The maximum atomic E-state index is 14.2. The summed E-state index contributed by atoms with van der Waals surface area (Å²) in [6, 6.07) is -1.23. The minimum atomic E-state index is -0.726. The second-order valence-corrected chi connectivity index (χ2v) is 11.6. The normalized spacial score (nSPS) is 18.4. The molecule has 0 saturated carbocycles. The van der Waals surface area contributed by atoms with Gasteiger partial charge in [0, 0.05) is 24.3 Å². The number of carbonyl (C=O) groups excluding carboxylic acids is 4. The third-order valence-corrected chi connectivity index (χ3v) is 8.39. The number of hydrogen-bond acceptors (Lipinski definition) is 8. The van der Waals surface area contributed by atoms with Crippen LogP contribution in [0.4, 0.5) is 0 Å². The number of carbonyl (C=O) groups is 4. The molecule has 0 aliphatic carbocycles. The number of aryl methyl sites for hydroxylation is 1. The molecule has 38 heavy (non-hydrogen) atoms. The Bertz CT molecular complexity index is 921. The lowest BCUT2D eigenvalue weighted by atomic mass is 9.93. The number of nitrogens with one attached hydrogen (secondary N) is 1. The van der Waals surface area contributed by atoms with Crippen LogP contribution in [-0.2, 0) is 25.5 Å². The van der Waals surface area contributed by atoms with E-state index in [1.165, 1.54) is 11.3 Å². The molecule has 10 heteroatoms. The number of nitrogens with zero attached hydrogens (tertiary/aromatic N) is 3. The van der Waals surface area contributed by atoms with Crippen molar-refractivity contribution in [2.24, 2.45) is 11.8 Å². The van der Waals surface area contributed by atoms with E-state index in [9.17, 15) is 19.2 Å². The summed E-state index contributed by atoms with van der Waals surface area (Å²) in [7, 11) is 1.95. The average molecular weight is 551 g/mol. The Labute approximate surface area is 231 Å². The molecule has 1 aliphatic heterocycles. The smallest absolute Gasteiger partial charge is 0.307 e. The van der Waals surface area contributed by atoms with Crippen molar-refractivity contribution >= 4 is 35.4 Å². The quantitative estimate of drug-likeness (QED) is 0.199. The number of ether oxygens (including phenoxy) is 1. The van der Waals surface area contributed by atoms with Crippen molar-refractivity contribution in [2.75, 3.05) is 20.3 Å². The molecule has 0 aromatic carbocycles. The number of aromatic nitrogens is 1. The Kier molecular flexibility index (Phi) is 13.4. The van der Waals surface area contributed by atoms with Crippen LogP contribution < -0.4 is 5.32 Å². The van der Waals surface area contributed by atoms with Gasteiger partial charge in [-0.2, -0.15) is 0 Å². The predicted octanol–water partition coefficient (Wildman–Crippen LogP) is 4.06. The summed E-state index contributed by atoms with van der Waals surface area (Å²) < 4.78 is 5.56. The first-order chi connectivity index (χ1) is 18.1. The highest BCUT2D eigenvalue weighted by atomic mass is 32.1. The van der Waals surface area contributed by atoms with Gasteiger partial charge in [-0.15, -0.1) is 11.3 Å². The summed E-state index contributed by atoms with van der Waals surface area (Å²) in [5, 5.41) is 5.62. The van der Waals surface area contributed by atoms with E-state index in [4.69, 9.17) is 4.74 Å². The van der Waals surface area contributed by atoms with Crippen LogP contribution in [0, 0.1) is 11.8 Å². The first-order valence-corrected chi connectivity index (χ1v) is 14.9. The first-order valence-electron chi connectivity index (χ1n) is 14.0. The number of hydrogen-bond donors (Lipinski definition) is 1. The number of amides is 2. The van der Waals surface area contributed by atoms with E-state index in [2.05, 4.69) is 15.2 Å². The van der Waals surface area contributed by atoms with E-state index in [0.29, 0.717) is 31.4 Å². The maximum Gasteiger partial charge on any atom is 0.307 e. The Balaban J connectivity index is 2.30. The van der Waals surface area contributed by atoms with Crippen molar-refractivity contribution in [3.05, 3.63) is 16.1 Å². The van der Waals surface area contributed by atoms with Crippen LogP contribution >= 0.6 is 11.3 Å². The molecule has 1 fully saturated rings. The molecule has 0 radical (unpaired) electrons. The van der Waals surface area contributed by atoms with Gasteiger partial charge in [-0.05, 0) is 51.1 Å². The number of likely N-dealkylation sites (tertiary alicyclic amines) is 1. The van der Waals surface area contributed by atoms with Crippen LogP contribution in [0.1, 0.15) is 95.1 Å².